The van der Waals surface area contributed by atoms with Crippen LogP contribution in [0.4, 0.5) is 0 Å². The first-order valence-corrected chi connectivity index (χ1v) is 4.68. The number of rotatable bonds is 1. The monoisotopic (exact) mass is 163 g/mol. The Balaban J connectivity index is 2.65. The molecule has 0 aliphatic carbocycles. The van der Waals surface area contributed by atoms with Gasteiger partial charge in [0, 0.05) is 0 Å². The molecule has 4 heteroatoms. The van der Waals surface area contributed by atoms with Gasteiger partial charge in [0.25, 0.3) is 0 Å². The lowest BCUT2D eigenvalue weighted by atomic mass is 10.00. The molecule has 0 amide bonds. The summed E-state index contributed by atoms with van der Waals surface area (Å²) in [5.41, 5.74) is 0. The molecule has 1 N–H and O–H groups in total. The van der Waals surface area contributed by atoms with E-state index in [0.717, 1.165) is 25.9 Å². The van der Waals surface area contributed by atoms with Gasteiger partial charge in [0.15, 0.2) is 0 Å². The molecule has 0 atom stereocenters. The minimum atomic E-state index is -2.24. The van der Waals surface area contributed by atoms with E-state index in [0.29, 0.717) is 0 Å². The molecular weight excluding hydrogens is 150 g/mol. The standard InChI is InChI=1S/C6H13NO2S/c1-6(10(8)9)2-4-7-5-3-6/h7,10H,2-5H2,1H3. The van der Waals surface area contributed by atoms with Gasteiger partial charge in [-0.2, -0.15) is 0 Å². The Kier molecular flexibility index (Phi) is 2.31. The molecule has 10 heavy (non-hydrogen) atoms. The summed E-state index contributed by atoms with van der Waals surface area (Å²) >= 11 is 0. The van der Waals surface area contributed by atoms with Crippen LogP contribution in [0.2, 0.25) is 0 Å². The van der Waals surface area contributed by atoms with Crippen molar-refractivity contribution in [3.8, 4) is 0 Å². The van der Waals surface area contributed by atoms with E-state index in [4.69, 9.17) is 0 Å². The predicted molar refractivity (Wildman–Crippen MR) is 40.8 cm³/mol. The first-order valence-electron chi connectivity index (χ1n) is 3.50. The number of hydrogen-bond acceptors (Lipinski definition) is 3. The summed E-state index contributed by atoms with van der Waals surface area (Å²) in [5.74, 6) is 0. The predicted octanol–water partition coefficient (Wildman–Crippen LogP) is -0.260. The van der Waals surface area contributed by atoms with Crippen molar-refractivity contribution in [2.45, 2.75) is 24.5 Å². The average Bonchev–Trinajstić information content (AvgIpc) is 1.89. The van der Waals surface area contributed by atoms with Gasteiger partial charge in [-0.05, 0) is 32.9 Å². The van der Waals surface area contributed by atoms with E-state index in [9.17, 15) is 8.42 Å². The second-order valence-electron chi connectivity index (χ2n) is 3.00. The van der Waals surface area contributed by atoms with Crippen LogP contribution in [0.25, 0.3) is 0 Å². The van der Waals surface area contributed by atoms with Crippen LogP contribution >= 0.6 is 0 Å². The SMILES string of the molecule is CC1([SH](=O)=O)CCNCC1. The van der Waals surface area contributed by atoms with Crippen molar-refractivity contribution in [2.75, 3.05) is 13.1 Å². The van der Waals surface area contributed by atoms with E-state index in [2.05, 4.69) is 5.32 Å². The van der Waals surface area contributed by atoms with Gasteiger partial charge < -0.3 is 5.32 Å². The smallest absolute Gasteiger partial charge is 0.145 e. The van der Waals surface area contributed by atoms with Gasteiger partial charge in [0.1, 0.15) is 10.7 Å². The van der Waals surface area contributed by atoms with Crippen molar-refractivity contribution in [1.29, 1.82) is 0 Å². The van der Waals surface area contributed by atoms with Gasteiger partial charge in [0.05, 0.1) is 4.75 Å². The fourth-order valence-corrected chi connectivity index (χ4v) is 1.74. The molecule has 1 aliphatic rings. The third kappa shape index (κ3) is 1.49. The highest BCUT2D eigenvalue weighted by molar-refractivity contribution is 7.74. The molecule has 0 unspecified atom stereocenters. The second kappa shape index (κ2) is 2.88. The zero-order valence-corrected chi connectivity index (χ0v) is 6.99. The summed E-state index contributed by atoms with van der Waals surface area (Å²) in [5, 5.41) is 3.13. The molecule has 60 valence electrons. The maximum atomic E-state index is 10.7. The lowest BCUT2D eigenvalue weighted by Crippen LogP contribution is -2.40. The quantitative estimate of drug-likeness (QED) is 0.524. The van der Waals surface area contributed by atoms with Gasteiger partial charge in [-0.1, -0.05) is 0 Å². The average molecular weight is 163 g/mol. The molecule has 0 aromatic heterocycles. The second-order valence-corrected chi connectivity index (χ2v) is 4.60. The molecular formula is C6H13NO2S. The highest BCUT2D eigenvalue weighted by Gasteiger charge is 2.29. The summed E-state index contributed by atoms with van der Waals surface area (Å²) in [6.07, 6.45) is 1.51. The topological polar surface area (TPSA) is 46.2 Å². The highest BCUT2D eigenvalue weighted by atomic mass is 32.2. The molecule has 1 heterocycles. The minimum absolute atomic E-state index is 0.430. The third-order valence-electron chi connectivity index (χ3n) is 2.12. The lowest BCUT2D eigenvalue weighted by molar-refractivity contribution is 0.417. The number of piperidine rings is 1. The largest absolute Gasteiger partial charge is 0.317 e. The van der Waals surface area contributed by atoms with Crippen LogP contribution in [0.3, 0.4) is 0 Å². The molecule has 1 fully saturated rings. The van der Waals surface area contributed by atoms with Crippen LogP contribution < -0.4 is 5.32 Å². The van der Waals surface area contributed by atoms with Crippen LogP contribution in [0.15, 0.2) is 0 Å². The maximum absolute atomic E-state index is 10.7. The van der Waals surface area contributed by atoms with E-state index < -0.39 is 15.5 Å². The molecule has 1 aliphatic heterocycles. The number of thiol groups is 1. The van der Waals surface area contributed by atoms with Crippen LogP contribution in [-0.2, 0) is 10.7 Å². The number of hydrogen-bond donors (Lipinski definition) is 2. The van der Waals surface area contributed by atoms with Crippen LogP contribution in [-0.4, -0.2) is 26.3 Å². The normalized spacial score (nSPS) is 25.0. The Morgan fingerprint density at radius 3 is 2.10 bits per heavy atom. The van der Waals surface area contributed by atoms with Crippen LogP contribution in [0, 0.1) is 0 Å². The Morgan fingerprint density at radius 2 is 1.80 bits per heavy atom. The molecule has 0 saturated carbocycles. The Labute approximate surface area is 62.8 Å². The van der Waals surface area contributed by atoms with Gasteiger partial charge in [0.2, 0.25) is 0 Å². The molecule has 1 rings (SSSR count). The summed E-state index contributed by atoms with van der Waals surface area (Å²) in [6.45, 7) is 3.49. The summed E-state index contributed by atoms with van der Waals surface area (Å²) in [7, 11) is -2.24. The Hall–Kier alpha value is -0.0900. The molecule has 0 bridgehead atoms. The van der Waals surface area contributed by atoms with Crippen LogP contribution in [0.1, 0.15) is 19.8 Å². The highest BCUT2D eigenvalue weighted by Crippen LogP contribution is 2.20. The minimum Gasteiger partial charge on any atom is -0.317 e. The van der Waals surface area contributed by atoms with E-state index in [-0.39, 0.29) is 0 Å². The zero-order chi connectivity index (χ0) is 7.61. The summed E-state index contributed by atoms with van der Waals surface area (Å²) in [4.78, 5) is 0. The van der Waals surface area contributed by atoms with Crippen molar-refractivity contribution in [2.24, 2.45) is 0 Å². The van der Waals surface area contributed by atoms with Crippen molar-refractivity contribution in [3.05, 3.63) is 0 Å². The maximum Gasteiger partial charge on any atom is 0.145 e. The molecule has 0 radical (unpaired) electrons. The molecule has 3 nitrogen and oxygen atoms in total. The Bertz CT molecular complexity index is 174. The third-order valence-corrected chi connectivity index (χ3v) is 3.45. The first kappa shape index (κ1) is 8.01. The summed E-state index contributed by atoms with van der Waals surface area (Å²) < 4.78 is 20.9. The Morgan fingerprint density at radius 1 is 1.30 bits per heavy atom. The van der Waals surface area contributed by atoms with Gasteiger partial charge >= 0.3 is 0 Å². The zero-order valence-electron chi connectivity index (χ0n) is 6.09. The van der Waals surface area contributed by atoms with Crippen molar-refractivity contribution in [3.63, 3.8) is 0 Å². The van der Waals surface area contributed by atoms with E-state index in [1.165, 1.54) is 0 Å². The van der Waals surface area contributed by atoms with E-state index in [1.54, 1.807) is 0 Å². The fourth-order valence-electron chi connectivity index (χ4n) is 1.15. The van der Waals surface area contributed by atoms with Crippen molar-refractivity contribution in [1.82, 2.24) is 5.32 Å². The fraction of sp³-hybridized carbons (Fsp3) is 1.00. The van der Waals surface area contributed by atoms with Gasteiger partial charge in [-0.3, -0.25) is 0 Å². The van der Waals surface area contributed by atoms with E-state index in [1.807, 2.05) is 6.92 Å². The molecule has 0 aromatic rings. The van der Waals surface area contributed by atoms with Gasteiger partial charge in [-0.15, -0.1) is 0 Å². The number of nitrogens with one attached hydrogen (secondary N) is 1. The van der Waals surface area contributed by atoms with E-state index >= 15 is 0 Å². The molecule has 0 spiro atoms. The summed E-state index contributed by atoms with van der Waals surface area (Å²) in [6, 6.07) is 0. The van der Waals surface area contributed by atoms with Crippen LogP contribution in [0.5, 0.6) is 0 Å². The molecule has 1 saturated heterocycles. The van der Waals surface area contributed by atoms with Crippen molar-refractivity contribution >= 4 is 10.7 Å². The molecule has 0 aromatic carbocycles. The van der Waals surface area contributed by atoms with Gasteiger partial charge in [-0.25, -0.2) is 8.42 Å². The lowest BCUT2D eigenvalue weighted by Gasteiger charge is -2.27. The first-order chi connectivity index (χ1) is 4.65. The van der Waals surface area contributed by atoms with Crippen molar-refractivity contribution < 1.29 is 8.42 Å².